The lowest BCUT2D eigenvalue weighted by Crippen LogP contribution is -2.50. The number of para-hydroxylation sites is 1. The number of furan rings is 2. The molecule has 88 heavy (non-hydrogen) atoms. The van der Waals surface area contributed by atoms with Gasteiger partial charge in [0.05, 0.1) is 32.3 Å². The number of benzene rings is 1. The number of rotatable bonds is 26. The number of carbonyl (C=O) groups is 6. The fourth-order valence-electron chi connectivity index (χ4n) is 13.4. The van der Waals surface area contributed by atoms with E-state index in [9.17, 15) is 28.8 Å². The zero-order valence-corrected chi connectivity index (χ0v) is 52.9. The second kappa shape index (κ2) is 33.4. The number of likely N-dealkylation sites (tertiary alicyclic amines) is 2. The third kappa shape index (κ3) is 18.0. The van der Waals surface area contributed by atoms with Crippen LogP contribution in [0.25, 0.3) is 0 Å². The maximum absolute atomic E-state index is 13.5. The van der Waals surface area contributed by atoms with Crippen LogP contribution in [0.15, 0.2) is 107 Å². The van der Waals surface area contributed by atoms with E-state index in [1.54, 1.807) is 56.1 Å². The van der Waals surface area contributed by atoms with E-state index in [4.69, 9.17) is 23.0 Å². The minimum Gasteiger partial charge on any atom is -0.465 e. The van der Waals surface area contributed by atoms with E-state index in [0.717, 1.165) is 145 Å². The number of hydrogen-bond acceptors (Lipinski definition) is 15. The van der Waals surface area contributed by atoms with E-state index in [-0.39, 0.29) is 61.5 Å². The highest BCUT2D eigenvalue weighted by atomic mass is 16.6. The van der Waals surface area contributed by atoms with Crippen LogP contribution in [0.5, 0.6) is 0 Å². The summed E-state index contributed by atoms with van der Waals surface area (Å²) in [6.45, 7) is 14.3. The lowest BCUT2D eigenvalue weighted by atomic mass is 9.66. The quantitative estimate of drug-likeness (QED) is 0.0310. The van der Waals surface area contributed by atoms with Crippen molar-refractivity contribution in [1.29, 1.82) is 0 Å². The molecule has 6 heterocycles. The van der Waals surface area contributed by atoms with Crippen molar-refractivity contribution >= 4 is 53.0 Å². The van der Waals surface area contributed by atoms with E-state index in [1.165, 1.54) is 50.2 Å². The Hall–Kier alpha value is -7.18. The lowest BCUT2D eigenvalue weighted by molar-refractivity contribution is -0.185. The van der Waals surface area contributed by atoms with Crippen LogP contribution in [0.2, 0.25) is 0 Å². The van der Waals surface area contributed by atoms with Crippen molar-refractivity contribution in [2.45, 2.75) is 182 Å². The maximum atomic E-state index is 13.5. The molecule has 9 rings (SSSR count). The van der Waals surface area contributed by atoms with Crippen LogP contribution in [0.3, 0.4) is 0 Å². The number of carbonyl (C=O) groups excluding carboxylic acids is 6. The van der Waals surface area contributed by atoms with Gasteiger partial charge in [0.15, 0.2) is 11.5 Å². The molecule has 0 unspecified atom stereocenters. The van der Waals surface area contributed by atoms with Gasteiger partial charge in [0.25, 0.3) is 17.2 Å². The highest BCUT2D eigenvalue weighted by molar-refractivity contribution is 6.18. The van der Waals surface area contributed by atoms with Crippen LogP contribution in [0.4, 0.5) is 17.3 Å². The molecule has 2 aliphatic carbocycles. The van der Waals surface area contributed by atoms with Crippen molar-refractivity contribution in [3.05, 3.63) is 126 Å². The molecule has 5 aromatic rings. The number of pyridine rings is 2. The highest BCUT2D eigenvalue weighted by Gasteiger charge is 2.58. The highest BCUT2D eigenvalue weighted by Crippen LogP contribution is 2.47. The molecular weight excluding hydrogens is 1110 g/mol. The molecule has 0 bridgehead atoms. The van der Waals surface area contributed by atoms with E-state index < -0.39 is 23.3 Å². The van der Waals surface area contributed by atoms with Crippen LogP contribution in [-0.2, 0) is 39.8 Å². The molecule has 18 heteroatoms. The summed E-state index contributed by atoms with van der Waals surface area (Å²) in [7, 11) is 0. The number of piperidine rings is 2. The third-order valence-corrected chi connectivity index (χ3v) is 18.5. The number of aromatic nitrogens is 2. The summed E-state index contributed by atoms with van der Waals surface area (Å²) in [4.78, 5) is 97.3. The topological polar surface area (TPSA) is 207 Å². The summed E-state index contributed by atoms with van der Waals surface area (Å²) in [5.74, 6) is -0.253. The first-order chi connectivity index (χ1) is 42.8. The van der Waals surface area contributed by atoms with Crippen molar-refractivity contribution in [3.8, 4) is 0 Å². The fraction of sp³-hybridized carbons (Fsp3) is 0.571. The summed E-state index contributed by atoms with van der Waals surface area (Å²) in [5.41, 5.74) is 1.97. The van der Waals surface area contributed by atoms with Crippen molar-refractivity contribution < 1.29 is 51.8 Å². The van der Waals surface area contributed by atoms with Gasteiger partial charge in [-0.05, 0) is 195 Å². The first-order valence-corrected chi connectivity index (χ1v) is 32.7. The Kier molecular flexibility index (Phi) is 25.4. The van der Waals surface area contributed by atoms with Crippen LogP contribution < -0.4 is 15.1 Å². The van der Waals surface area contributed by atoms with Gasteiger partial charge in [-0.1, -0.05) is 81.7 Å². The Balaban J connectivity index is 0.000000230. The SMILES string of the molecule is CCOC(=O)C(CCC1(CCN2CCC(N(C(=O)c3ccco3)c3ccc(C)cn3)CC2)CCCCC1)(C(=O)OCC)C(=O)OCC.Cc1ccc(N(C(=O)c2ccco2)C2CCN(CCCc3ccccc3NC(=O)CCC3CCCCC3)CC2)nc1. The molecule has 4 aliphatic rings. The van der Waals surface area contributed by atoms with Gasteiger partial charge in [-0.25, -0.2) is 9.97 Å². The van der Waals surface area contributed by atoms with Crippen LogP contribution in [0, 0.1) is 30.6 Å². The number of esters is 3. The second-order valence-corrected chi connectivity index (χ2v) is 24.6. The van der Waals surface area contributed by atoms with Gasteiger partial charge in [0.2, 0.25) is 5.91 Å². The van der Waals surface area contributed by atoms with E-state index in [0.29, 0.717) is 36.0 Å². The average Bonchev–Trinajstić information content (AvgIpc) is 2.75. The molecule has 18 nitrogen and oxygen atoms in total. The van der Waals surface area contributed by atoms with E-state index in [2.05, 4.69) is 37.2 Å². The van der Waals surface area contributed by atoms with Gasteiger partial charge >= 0.3 is 17.9 Å². The zero-order valence-electron chi connectivity index (χ0n) is 52.9. The minimum absolute atomic E-state index is 0.0149. The normalized spacial score (nSPS) is 17.0. The van der Waals surface area contributed by atoms with Crippen molar-refractivity contribution in [1.82, 2.24) is 19.8 Å². The molecule has 2 saturated heterocycles. The van der Waals surface area contributed by atoms with Gasteiger partial charge < -0.3 is 38.2 Å². The molecule has 0 radical (unpaired) electrons. The minimum atomic E-state index is -2.14. The van der Waals surface area contributed by atoms with Gasteiger partial charge in [0, 0.05) is 62.8 Å². The summed E-state index contributed by atoms with van der Waals surface area (Å²) < 4.78 is 26.8. The number of nitrogens with one attached hydrogen (secondary N) is 1. The number of aryl methyl sites for hydroxylation is 3. The second-order valence-electron chi connectivity index (χ2n) is 24.6. The summed E-state index contributed by atoms with van der Waals surface area (Å²) >= 11 is 0. The molecule has 1 N–H and O–H groups in total. The summed E-state index contributed by atoms with van der Waals surface area (Å²) in [5, 5.41) is 3.19. The number of amides is 3. The van der Waals surface area contributed by atoms with Crippen LogP contribution in [-0.4, -0.2) is 127 Å². The number of anilines is 3. The molecule has 4 fully saturated rings. The Labute approximate surface area is 520 Å². The molecular formula is C70H95N7O11. The van der Waals surface area contributed by atoms with Crippen molar-refractivity contribution in [2.75, 3.05) is 74.2 Å². The smallest absolute Gasteiger partial charge is 0.335 e. The van der Waals surface area contributed by atoms with Crippen LogP contribution in [0.1, 0.15) is 187 Å². The first kappa shape index (κ1) is 66.8. The Morgan fingerprint density at radius 3 is 1.58 bits per heavy atom. The number of nitrogens with zero attached hydrogens (tertiary/aromatic N) is 6. The monoisotopic (exact) mass is 1210 g/mol. The van der Waals surface area contributed by atoms with Gasteiger partial charge in [0.1, 0.15) is 11.6 Å². The zero-order chi connectivity index (χ0) is 62.3. The standard InChI is InChI=1S/C36H51N3O8.C34H44N4O3/c1-5-44-32(41)36(33(42)45-6-2,34(43)46-7-3)20-19-35(17-9-8-10-18-35)21-24-38-22-15-28(16-23-38)39(30-14-13-27(4)26-37-30)31(40)29-12-11-25-47-29;1-26-15-17-32(35-25-26)38(34(40)31-14-8-24-41-31)29-19-22-37(23-20-29)21-7-12-28-11-5-6-13-30(28)36-33(39)18-16-27-9-3-2-4-10-27/h11-14,25-26,28H,5-10,15-24H2,1-4H3;5-6,8,11,13-15,17,24-25,27,29H,2-4,7,9-10,12,16,18-23H2,1H3,(H,36,39). The van der Waals surface area contributed by atoms with Crippen molar-refractivity contribution in [3.63, 3.8) is 0 Å². The van der Waals surface area contributed by atoms with Gasteiger partial charge in [-0.3, -0.25) is 38.6 Å². The van der Waals surface area contributed by atoms with Gasteiger partial charge in [-0.2, -0.15) is 0 Å². The van der Waals surface area contributed by atoms with Crippen molar-refractivity contribution in [2.24, 2.45) is 16.7 Å². The number of ether oxygens (including phenoxy) is 3. The molecule has 2 aliphatic heterocycles. The average molecular weight is 1210 g/mol. The van der Waals surface area contributed by atoms with Crippen LogP contribution >= 0.6 is 0 Å². The van der Waals surface area contributed by atoms with Gasteiger partial charge in [-0.15, -0.1) is 0 Å². The predicted octanol–water partition coefficient (Wildman–Crippen LogP) is 12.9. The van der Waals surface area contributed by atoms with E-state index >= 15 is 0 Å². The molecule has 2 saturated carbocycles. The molecule has 476 valence electrons. The first-order valence-electron chi connectivity index (χ1n) is 32.7. The lowest BCUT2D eigenvalue weighted by Gasteiger charge is -2.42. The fourth-order valence-corrected chi connectivity index (χ4v) is 13.4. The number of hydrogen-bond donors (Lipinski definition) is 1. The predicted molar refractivity (Wildman–Crippen MR) is 339 cm³/mol. The molecule has 0 spiro atoms. The van der Waals surface area contributed by atoms with E-state index in [1.807, 2.05) is 61.3 Å². The Bertz CT molecular complexity index is 2910. The maximum Gasteiger partial charge on any atom is 0.335 e. The third-order valence-electron chi connectivity index (χ3n) is 18.5. The molecule has 0 atom stereocenters. The molecule has 4 aromatic heterocycles. The molecule has 3 amide bonds. The molecule has 1 aromatic carbocycles. The Morgan fingerprint density at radius 1 is 0.602 bits per heavy atom. The largest absolute Gasteiger partial charge is 0.465 e. The summed E-state index contributed by atoms with van der Waals surface area (Å²) in [6.07, 6.45) is 26.6. The Morgan fingerprint density at radius 2 is 1.10 bits per heavy atom. The summed E-state index contributed by atoms with van der Waals surface area (Å²) in [6, 6.07) is 22.9.